The summed E-state index contributed by atoms with van der Waals surface area (Å²) in [6, 6.07) is 3.25. The maximum atomic E-state index is 11.5. The molecular formula is C10H9N3O2. The first-order valence-electron chi connectivity index (χ1n) is 4.42. The lowest BCUT2D eigenvalue weighted by Crippen LogP contribution is -2.39. The summed E-state index contributed by atoms with van der Waals surface area (Å²) in [5.41, 5.74) is 5.99. The van der Waals surface area contributed by atoms with Crippen molar-refractivity contribution in [1.29, 1.82) is 0 Å². The average Bonchev–Trinajstić information content (AvgIpc) is 2.24. The average molecular weight is 203 g/mol. The molecule has 0 saturated heterocycles. The van der Waals surface area contributed by atoms with Crippen LogP contribution in [0.5, 0.6) is 0 Å². The predicted octanol–water partition coefficient (Wildman–Crippen LogP) is 0.136. The molecule has 0 atom stereocenters. The van der Waals surface area contributed by atoms with E-state index in [1.165, 1.54) is 17.2 Å². The number of anilines is 2. The van der Waals surface area contributed by atoms with Crippen molar-refractivity contribution in [3.8, 4) is 0 Å². The maximum Gasteiger partial charge on any atom is 0.300 e. The summed E-state index contributed by atoms with van der Waals surface area (Å²) in [4.78, 5) is 27.9. The summed E-state index contributed by atoms with van der Waals surface area (Å²) in [6.07, 6.45) is 4.35. The third-order valence-electron chi connectivity index (χ3n) is 2.06. The van der Waals surface area contributed by atoms with Crippen molar-refractivity contribution in [1.82, 2.24) is 4.98 Å². The van der Waals surface area contributed by atoms with E-state index in [0.29, 0.717) is 18.1 Å². The van der Waals surface area contributed by atoms with Gasteiger partial charge in [0, 0.05) is 6.54 Å². The zero-order valence-electron chi connectivity index (χ0n) is 7.88. The van der Waals surface area contributed by atoms with Crippen molar-refractivity contribution in [2.75, 3.05) is 17.2 Å². The number of nitrogen functional groups attached to an aromatic ring is 1. The Hall–Kier alpha value is -2.17. The first kappa shape index (κ1) is 9.39. The fourth-order valence-electron chi connectivity index (χ4n) is 1.31. The molecular weight excluding hydrogens is 194 g/mol. The third kappa shape index (κ3) is 1.71. The number of hydrogen-bond donors (Lipinski definition) is 1. The fraction of sp³-hybridized carbons (Fsp3) is 0.100. The smallest absolute Gasteiger partial charge is 0.300 e. The van der Waals surface area contributed by atoms with Gasteiger partial charge in [-0.1, -0.05) is 6.08 Å². The Morgan fingerprint density at radius 1 is 1.33 bits per heavy atom. The summed E-state index contributed by atoms with van der Waals surface area (Å²) in [6.45, 7) is 0.363. The van der Waals surface area contributed by atoms with Gasteiger partial charge in [-0.2, -0.15) is 0 Å². The normalized spacial score (nSPS) is 15.9. The maximum absolute atomic E-state index is 11.5. The van der Waals surface area contributed by atoms with Crippen molar-refractivity contribution >= 4 is 23.2 Å². The molecule has 0 fully saturated rings. The zero-order valence-corrected chi connectivity index (χ0v) is 7.88. The number of nitrogens with zero attached hydrogens (tertiary/aromatic N) is 2. The molecule has 15 heavy (non-hydrogen) atoms. The number of ketones is 1. The molecule has 1 aromatic rings. The van der Waals surface area contributed by atoms with Crippen LogP contribution in [0.1, 0.15) is 0 Å². The number of carbonyl (C=O) groups is 2. The molecule has 0 radical (unpaired) electrons. The van der Waals surface area contributed by atoms with Gasteiger partial charge >= 0.3 is 0 Å². The minimum Gasteiger partial charge on any atom is -0.397 e. The number of pyridine rings is 1. The largest absolute Gasteiger partial charge is 0.397 e. The van der Waals surface area contributed by atoms with Gasteiger partial charge in [-0.15, -0.1) is 0 Å². The Morgan fingerprint density at radius 2 is 2.13 bits per heavy atom. The molecule has 5 heteroatoms. The second kappa shape index (κ2) is 3.53. The van der Waals surface area contributed by atoms with Crippen molar-refractivity contribution in [2.24, 2.45) is 0 Å². The van der Waals surface area contributed by atoms with Crippen molar-refractivity contribution in [2.45, 2.75) is 0 Å². The lowest BCUT2D eigenvalue weighted by molar-refractivity contribution is -0.133. The Labute approximate surface area is 86.2 Å². The standard InChI is InChI=1S/C10H9N3O2/c11-7-3-4-9(12-6-7)13-5-1-2-8(14)10(13)15/h1-4,6H,5,11H2. The van der Waals surface area contributed by atoms with E-state index in [4.69, 9.17) is 5.73 Å². The topological polar surface area (TPSA) is 76.3 Å². The van der Waals surface area contributed by atoms with Crippen LogP contribution in [0.2, 0.25) is 0 Å². The number of nitrogens with two attached hydrogens (primary N) is 1. The van der Waals surface area contributed by atoms with Gasteiger partial charge in [0.05, 0.1) is 11.9 Å². The molecule has 0 bridgehead atoms. The minimum atomic E-state index is -0.560. The Morgan fingerprint density at radius 3 is 2.80 bits per heavy atom. The number of rotatable bonds is 1. The molecule has 2 heterocycles. The van der Waals surface area contributed by atoms with Crippen LogP contribution < -0.4 is 10.6 Å². The first-order valence-corrected chi connectivity index (χ1v) is 4.42. The second-order valence-corrected chi connectivity index (χ2v) is 3.13. The van der Waals surface area contributed by atoms with Crippen LogP contribution in [-0.4, -0.2) is 23.2 Å². The van der Waals surface area contributed by atoms with E-state index in [2.05, 4.69) is 4.98 Å². The van der Waals surface area contributed by atoms with Gasteiger partial charge in [0.2, 0.25) is 5.78 Å². The van der Waals surface area contributed by atoms with Gasteiger partial charge in [0.25, 0.3) is 5.91 Å². The Balaban J connectivity index is 2.32. The van der Waals surface area contributed by atoms with E-state index in [1.54, 1.807) is 18.2 Å². The van der Waals surface area contributed by atoms with Gasteiger partial charge in [-0.3, -0.25) is 14.5 Å². The van der Waals surface area contributed by atoms with Crippen molar-refractivity contribution in [3.05, 3.63) is 30.5 Å². The second-order valence-electron chi connectivity index (χ2n) is 3.13. The van der Waals surface area contributed by atoms with E-state index in [0.717, 1.165) is 0 Å². The number of amides is 1. The third-order valence-corrected chi connectivity index (χ3v) is 2.06. The van der Waals surface area contributed by atoms with Gasteiger partial charge in [0.1, 0.15) is 5.82 Å². The highest BCUT2D eigenvalue weighted by atomic mass is 16.2. The minimum absolute atomic E-state index is 0.363. The molecule has 76 valence electrons. The molecule has 0 spiro atoms. The molecule has 0 saturated carbocycles. The lowest BCUT2D eigenvalue weighted by atomic mass is 10.2. The SMILES string of the molecule is Nc1ccc(N2CC=CC(=O)C2=O)nc1. The Bertz CT molecular complexity index is 436. The molecule has 5 nitrogen and oxygen atoms in total. The molecule has 2 N–H and O–H groups in total. The monoisotopic (exact) mass is 203 g/mol. The summed E-state index contributed by atoms with van der Waals surface area (Å²) in [5.74, 6) is -0.651. The van der Waals surface area contributed by atoms with E-state index < -0.39 is 11.7 Å². The predicted molar refractivity (Wildman–Crippen MR) is 55.1 cm³/mol. The van der Waals surface area contributed by atoms with Crippen LogP contribution >= 0.6 is 0 Å². The summed E-state index contributed by atoms with van der Waals surface area (Å²) in [7, 11) is 0. The number of hydrogen-bond acceptors (Lipinski definition) is 4. The van der Waals surface area contributed by atoms with Crippen molar-refractivity contribution < 1.29 is 9.59 Å². The van der Waals surface area contributed by atoms with Crippen LogP contribution in [0.25, 0.3) is 0 Å². The fourth-order valence-corrected chi connectivity index (χ4v) is 1.31. The van der Waals surface area contributed by atoms with Gasteiger partial charge in [-0.25, -0.2) is 4.98 Å². The summed E-state index contributed by atoms with van der Waals surface area (Å²) >= 11 is 0. The molecule has 1 aromatic heterocycles. The highest BCUT2D eigenvalue weighted by Gasteiger charge is 2.24. The molecule has 1 aliphatic heterocycles. The van der Waals surface area contributed by atoms with Gasteiger partial charge < -0.3 is 5.73 Å². The summed E-state index contributed by atoms with van der Waals surface area (Å²) in [5, 5.41) is 0. The quantitative estimate of drug-likeness (QED) is 0.658. The summed E-state index contributed by atoms with van der Waals surface area (Å²) < 4.78 is 0. The van der Waals surface area contributed by atoms with Gasteiger partial charge in [-0.05, 0) is 18.2 Å². The van der Waals surface area contributed by atoms with Gasteiger partial charge in [0.15, 0.2) is 0 Å². The molecule has 0 unspecified atom stereocenters. The van der Waals surface area contributed by atoms with E-state index >= 15 is 0 Å². The highest BCUT2D eigenvalue weighted by Crippen LogP contribution is 2.14. The number of aromatic nitrogens is 1. The van der Waals surface area contributed by atoms with Crippen LogP contribution in [0.15, 0.2) is 30.5 Å². The van der Waals surface area contributed by atoms with Crippen LogP contribution in [0.3, 0.4) is 0 Å². The number of carbonyl (C=O) groups excluding carboxylic acids is 2. The van der Waals surface area contributed by atoms with Crippen molar-refractivity contribution in [3.63, 3.8) is 0 Å². The van der Waals surface area contributed by atoms with E-state index in [9.17, 15) is 9.59 Å². The molecule has 1 aliphatic rings. The first-order chi connectivity index (χ1) is 7.18. The molecule has 2 rings (SSSR count). The molecule has 0 aliphatic carbocycles. The van der Waals surface area contributed by atoms with E-state index in [-0.39, 0.29) is 0 Å². The van der Waals surface area contributed by atoms with Crippen LogP contribution in [0, 0.1) is 0 Å². The highest BCUT2D eigenvalue weighted by molar-refractivity contribution is 6.45. The lowest BCUT2D eigenvalue weighted by Gasteiger charge is -2.21. The van der Waals surface area contributed by atoms with Crippen LogP contribution in [0.4, 0.5) is 11.5 Å². The molecule has 0 aromatic carbocycles. The molecule has 1 amide bonds. The van der Waals surface area contributed by atoms with Crippen LogP contribution in [-0.2, 0) is 9.59 Å². The van der Waals surface area contributed by atoms with E-state index in [1.807, 2.05) is 0 Å². The Kier molecular flexibility index (Phi) is 2.21. The zero-order chi connectivity index (χ0) is 10.8.